The maximum atomic E-state index is 12.7. The zero-order valence-electron chi connectivity index (χ0n) is 20.0. The molecule has 4 rings (SSSR count). The lowest BCUT2D eigenvalue weighted by molar-refractivity contribution is -0.113. The van der Waals surface area contributed by atoms with Gasteiger partial charge in [-0.25, -0.2) is 0 Å². The molecule has 0 saturated carbocycles. The van der Waals surface area contributed by atoms with Crippen LogP contribution >= 0.6 is 35.0 Å². The monoisotopic (exact) mass is 524 g/mol. The maximum absolute atomic E-state index is 12.7. The van der Waals surface area contributed by atoms with Gasteiger partial charge in [0.05, 0.1) is 16.5 Å². The van der Waals surface area contributed by atoms with Crippen molar-refractivity contribution in [2.24, 2.45) is 0 Å². The van der Waals surface area contributed by atoms with Gasteiger partial charge in [0.1, 0.15) is 0 Å². The van der Waals surface area contributed by atoms with Crippen molar-refractivity contribution in [3.8, 4) is 17.1 Å². The van der Waals surface area contributed by atoms with Gasteiger partial charge in [-0.1, -0.05) is 97.7 Å². The number of nitrogens with zero attached hydrogens (tertiary/aromatic N) is 3. The van der Waals surface area contributed by atoms with E-state index in [0.29, 0.717) is 20.9 Å². The van der Waals surface area contributed by atoms with Crippen molar-refractivity contribution < 1.29 is 4.79 Å². The maximum Gasteiger partial charge on any atom is 0.234 e. The summed E-state index contributed by atoms with van der Waals surface area (Å²) in [6.45, 7) is 8.61. The molecule has 5 nitrogen and oxygen atoms in total. The van der Waals surface area contributed by atoms with Crippen molar-refractivity contribution in [3.05, 3.63) is 87.9 Å². The smallest absolute Gasteiger partial charge is 0.234 e. The second-order valence-corrected chi connectivity index (χ2v) is 11.1. The second kappa shape index (κ2) is 10.4. The minimum absolute atomic E-state index is 0.0589. The van der Waals surface area contributed by atoms with E-state index in [-0.39, 0.29) is 17.1 Å². The van der Waals surface area contributed by atoms with Crippen LogP contribution in [-0.4, -0.2) is 26.4 Å². The largest absolute Gasteiger partial charge is 0.324 e. The minimum atomic E-state index is -0.214. The highest BCUT2D eigenvalue weighted by molar-refractivity contribution is 7.99. The summed E-state index contributed by atoms with van der Waals surface area (Å²) in [4.78, 5) is 12.7. The van der Waals surface area contributed by atoms with E-state index in [1.165, 1.54) is 17.3 Å². The van der Waals surface area contributed by atoms with Crippen LogP contribution in [0.25, 0.3) is 17.1 Å². The Bertz CT molecular complexity index is 1340. The van der Waals surface area contributed by atoms with Crippen molar-refractivity contribution in [2.45, 2.75) is 38.3 Å². The number of anilines is 1. The van der Waals surface area contributed by atoms with Gasteiger partial charge in [-0.2, -0.15) is 0 Å². The standard InChI is InChI=1S/C27H26Cl2N4OS/c1-17-5-12-21(13-6-17)33-25(18-7-9-19(10-8-18)27(2,3)4)31-32-26(33)35-16-24(34)30-23-15-20(28)11-14-22(23)29/h5-15H,16H2,1-4H3,(H,30,34). The Balaban J connectivity index is 1.62. The molecule has 1 amide bonds. The van der Waals surface area contributed by atoms with Crippen LogP contribution in [-0.2, 0) is 10.2 Å². The van der Waals surface area contributed by atoms with E-state index < -0.39 is 0 Å². The third kappa shape index (κ3) is 6.07. The zero-order chi connectivity index (χ0) is 25.2. The van der Waals surface area contributed by atoms with Crippen LogP contribution in [0.1, 0.15) is 31.9 Å². The summed E-state index contributed by atoms with van der Waals surface area (Å²) >= 11 is 13.5. The first-order valence-electron chi connectivity index (χ1n) is 11.1. The van der Waals surface area contributed by atoms with E-state index >= 15 is 0 Å². The third-order valence-electron chi connectivity index (χ3n) is 5.47. The summed E-state index contributed by atoms with van der Waals surface area (Å²) < 4.78 is 1.98. The molecule has 0 aliphatic rings. The van der Waals surface area contributed by atoms with E-state index in [2.05, 4.69) is 60.6 Å². The molecule has 180 valence electrons. The summed E-state index contributed by atoms with van der Waals surface area (Å²) in [5, 5.41) is 13.3. The number of halogens is 2. The third-order valence-corrected chi connectivity index (χ3v) is 6.96. The van der Waals surface area contributed by atoms with Gasteiger partial charge >= 0.3 is 0 Å². The average molecular weight is 526 g/mol. The van der Waals surface area contributed by atoms with Crippen LogP contribution < -0.4 is 5.32 Å². The van der Waals surface area contributed by atoms with Gasteiger partial charge in [-0.3, -0.25) is 9.36 Å². The molecule has 0 saturated heterocycles. The van der Waals surface area contributed by atoms with E-state index in [1.807, 2.05) is 35.8 Å². The molecule has 0 atom stereocenters. The number of amides is 1. The number of carbonyl (C=O) groups excluding carboxylic acids is 1. The lowest BCUT2D eigenvalue weighted by atomic mass is 9.87. The zero-order valence-corrected chi connectivity index (χ0v) is 22.3. The number of aromatic nitrogens is 3. The van der Waals surface area contributed by atoms with E-state index in [4.69, 9.17) is 23.2 Å². The number of benzene rings is 3. The summed E-state index contributed by atoms with van der Waals surface area (Å²) in [5.74, 6) is 0.638. The van der Waals surface area contributed by atoms with Crippen LogP contribution in [0.2, 0.25) is 10.0 Å². The van der Waals surface area contributed by atoms with Crippen LogP contribution in [0, 0.1) is 6.92 Å². The molecule has 1 aromatic heterocycles. The molecule has 0 bridgehead atoms. The molecule has 0 radical (unpaired) electrons. The average Bonchev–Trinajstić information content (AvgIpc) is 3.24. The Morgan fingerprint density at radius 1 is 0.971 bits per heavy atom. The van der Waals surface area contributed by atoms with Gasteiger partial charge in [0.25, 0.3) is 0 Å². The predicted octanol–water partition coefficient (Wildman–Crippen LogP) is 7.58. The lowest BCUT2D eigenvalue weighted by Gasteiger charge is -2.19. The van der Waals surface area contributed by atoms with Crippen molar-refractivity contribution in [1.82, 2.24) is 14.8 Å². The highest BCUT2D eigenvalue weighted by atomic mass is 35.5. The normalized spacial score (nSPS) is 11.5. The Labute approximate surface area is 219 Å². The topological polar surface area (TPSA) is 59.8 Å². The second-order valence-electron chi connectivity index (χ2n) is 9.27. The molecule has 1 heterocycles. The number of thioether (sulfide) groups is 1. The highest BCUT2D eigenvalue weighted by Gasteiger charge is 2.19. The Hall–Kier alpha value is -2.80. The summed E-state index contributed by atoms with van der Waals surface area (Å²) in [6, 6.07) is 21.5. The summed E-state index contributed by atoms with van der Waals surface area (Å²) in [7, 11) is 0. The first kappa shape index (κ1) is 25.3. The van der Waals surface area contributed by atoms with Crippen LogP contribution in [0.3, 0.4) is 0 Å². The fourth-order valence-electron chi connectivity index (χ4n) is 3.51. The first-order valence-corrected chi connectivity index (χ1v) is 12.9. The predicted molar refractivity (Wildman–Crippen MR) is 146 cm³/mol. The van der Waals surface area contributed by atoms with Crippen LogP contribution in [0.15, 0.2) is 71.9 Å². The van der Waals surface area contributed by atoms with Gasteiger partial charge < -0.3 is 5.32 Å². The minimum Gasteiger partial charge on any atom is -0.324 e. The van der Waals surface area contributed by atoms with E-state index in [0.717, 1.165) is 22.6 Å². The number of carbonyl (C=O) groups is 1. The van der Waals surface area contributed by atoms with E-state index in [1.54, 1.807) is 18.2 Å². The molecule has 0 unspecified atom stereocenters. The molecule has 0 fully saturated rings. The highest BCUT2D eigenvalue weighted by Crippen LogP contribution is 2.31. The molecular weight excluding hydrogens is 499 g/mol. The number of aryl methyl sites for hydroxylation is 1. The van der Waals surface area contributed by atoms with Gasteiger partial charge in [0.15, 0.2) is 11.0 Å². The van der Waals surface area contributed by atoms with Crippen LogP contribution in [0.4, 0.5) is 5.69 Å². The molecule has 0 spiro atoms. The van der Waals surface area contributed by atoms with Gasteiger partial charge in [-0.15, -0.1) is 10.2 Å². The van der Waals surface area contributed by atoms with Crippen molar-refractivity contribution in [1.29, 1.82) is 0 Å². The van der Waals surface area contributed by atoms with Gasteiger partial charge in [0, 0.05) is 16.3 Å². The quantitative estimate of drug-likeness (QED) is 0.264. The Kier molecular flexibility index (Phi) is 7.55. The first-order chi connectivity index (χ1) is 16.6. The number of hydrogen-bond donors (Lipinski definition) is 1. The van der Waals surface area contributed by atoms with E-state index in [9.17, 15) is 4.79 Å². The van der Waals surface area contributed by atoms with Crippen molar-refractivity contribution in [2.75, 3.05) is 11.1 Å². The summed E-state index contributed by atoms with van der Waals surface area (Å²) in [5.41, 5.74) is 4.82. The molecule has 35 heavy (non-hydrogen) atoms. The fourth-order valence-corrected chi connectivity index (χ4v) is 4.59. The number of nitrogens with one attached hydrogen (secondary N) is 1. The summed E-state index contributed by atoms with van der Waals surface area (Å²) in [6.07, 6.45) is 0. The number of rotatable bonds is 6. The molecular formula is C27H26Cl2N4OS. The number of hydrogen-bond acceptors (Lipinski definition) is 4. The van der Waals surface area contributed by atoms with Gasteiger partial charge in [-0.05, 0) is 48.2 Å². The lowest BCUT2D eigenvalue weighted by Crippen LogP contribution is -2.15. The van der Waals surface area contributed by atoms with Gasteiger partial charge in [0.2, 0.25) is 5.91 Å². The Morgan fingerprint density at radius 3 is 2.31 bits per heavy atom. The molecule has 0 aliphatic heterocycles. The van der Waals surface area contributed by atoms with Crippen molar-refractivity contribution >= 4 is 46.6 Å². The van der Waals surface area contributed by atoms with Crippen LogP contribution in [0.5, 0.6) is 0 Å². The molecule has 0 aliphatic carbocycles. The molecule has 4 aromatic rings. The molecule has 8 heteroatoms. The van der Waals surface area contributed by atoms with Crippen molar-refractivity contribution in [3.63, 3.8) is 0 Å². The Morgan fingerprint density at radius 2 is 1.66 bits per heavy atom. The SMILES string of the molecule is Cc1ccc(-n2c(SCC(=O)Nc3cc(Cl)ccc3Cl)nnc2-c2ccc(C(C)(C)C)cc2)cc1. The molecule has 3 aromatic carbocycles. The molecule has 1 N–H and O–H groups in total. The fraction of sp³-hybridized carbons (Fsp3) is 0.222.